The number of ether oxygens (including phenoxy) is 2. The van der Waals surface area contributed by atoms with Crippen molar-refractivity contribution in [3.63, 3.8) is 0 Å². The maximum atomic E-state index is 12.9. The Kier molecular flexibility index (Phi) is 14.2. The number of hydrogen-bond donors (Lipinski definition) is 2. The van der Waals surface area contributed by atoms with Gasteiger partial charge in [-0.15, -0.1) is 0 Å². The van der Waals surface area contributed by atoms with Gasteiger partial charge < -0.3 is 20.5 Å². The molecule has 1 fully saturated rings. The van der Waals surface area contributed by atoms with Gasteiger partial charge in [0.1, 0.15) is 13.2 Å². The number of anilines is 3. The summed E-state index contributed by atoms with van der Waals surface area (Å²) in [5, 5.41) is 4.10. The summed E-state index contributed by atoms with van der Waals surface area (Å²) in [7, 11) is -1.35. The number of carbonyl (C=O) groups excluding carboxylic acids is 2. The fourth-order valence-corrected chi connectivity index (χ4v) is 7.24. The predicted octanol–water partition coefficient (Wildman–Crippen LogP) is 7.93. The molecule has 12 heteroatoms. The molecule has 248 valence electrons. The van der Waals surface area contributed by atoms with E-state index < -0.39 is 22.7 Å². The number of esters is 2. The smallest absolute Gasteiger partial charge is 0.338 e. The lowest BCUT2D eigenvalue weighted by atomic mass is 9.93. The van der Waals surface area contributed by atoms with Gasteiger partial charge in [-0.3, -0.25) is 13.9 Å². The first-order valence-electron chi connectivity index (χ1n) is 15.4. The van der Waals surface area contributed by atoms with Crippen molar-refractivity contribution in [3.05, 3.63) is 85.8 Å². The highest BCUT2D eigenvalue weighted by atomic mass is 79.9. The molecule has 3 aromatic carbocycles. The number of nitrogens with two attached hydrogens (primary N) is 1. The van der Waals surface area contributed by atoms with Gasteiger partial charge in [-0.05, 0) is 76.8 Å². The highest BCUT2D eigenvalue weighted by Gasteiger charge is 2.22. The lowest BCUT2D eigenvalue weighted by molar-refractivity contribution is -0.142. The monoisotopic (exact) mass is 751 g/mol. The first-order valence-corrected chi connectivity index (χ1v) is 18.5. The molecule has 0 spiro atoms. The van der Waals surface area contributed by atoms with E-state index in [1.165, 1.54) is 32.1 Å². The standard InChI is InChI=1S/C34H40BrCl2N3O5S/c1-2-40(26-10-4-3-5-11-26)22-25-19-24(20-27(35)32(25)38)34(42)45-16-18-46(43)17-15-44-31(41)21-23-9-6-7-14-30(23)39-33-28(36)12-8-13-29(33)37/h6-9,12-14,19-20,26,39H,2-5,10-11,15-18,21-22,38H2,1H3. The number of nitrogens with one attached hydrogen (secondary N) is 1. The molecule has 3 N–H and O–H groups in total. The molecule has 0 heterocycles. The van der Waals surface area contributed by atoms with Crippen LogP contribution in [0.15, 0.2) is 59.1 Å². The van der Waals surface area contributed by atoms with Crippen LogP contribution in [-0.2, 0) is 38.0 Å². The van der Waals surface area contributed by atoms with Gasteiger partial charge in [0.05, 0.1) is 44.9 Å². The van der Waals surface area contributed by atoms with Crippen LogP contribution in [-0.4, -0.2) is 58.4 Å². The number of hydrogen-bond acceptors (Lipinski definition) is 8. The summed E-state index contributed by atoms with van der Waals surface area (Å²) >= 11 is 16.1. The zero-order valence-corrected chi connectivity index (χ0v) is 29.8. The molecule has 1 atom stereocenters. The second kappa shape index (κ2) is 18.1. The maximum absolute atomic E-state index is 12.9. The molecular weight excluding hydrogens is 713 g/mol. The third kappa shape index (κ3) is 10.4. The highest BCUT2D eigenvalue weighted by Crippen LogP contribution is 2.34. The molecule has 3 aromatic rings. The average Bonchev–Trinajstić information content (AvgIpc) is 3.04. The van der Waals surface area contributed by atoms with Crippen molar-refractivity contribution in [2.75, 3.05) is 42.3 Å². The predicted molar refractivity (Wildman–Crippen MR) is 191 cm³/mol. The molecule has 1 unspecified atom stereocenters. The Morgan fingerprint density at radius 1 is 0.978 bits per heavy atom. The number of para-hydroxylation sites is 2. The van der Waals surface area contributed by atoms with Crippen LogP contribution in [0.2, 0.25) is 10.0 Å². The fourth-order valence-electron chi connectivity index (χ4n) is 5.50. The van der Waals surface area contributed by atoms with Gasteiger partial charge >= 0.3 is 11.9 Å². The van der Waals surface area contributed by atoms with Gasteiger partial charge in [0, 0.05) is 33.5 Å². The van der Waals surface area contributed by atoms with Crippen LogP contribution in [0.1, 0.15) is 60.5 Å². The van der Waals surface area contributed by atoms with Gasteiger partial charge in [0.2, 0.25) is 0 Å². The first-order chi connectivity index (χ1) is 22.2. The van der Waals surface area contributed by atoms with E-state index in [2.05, 4.69) is 33.1 Å². The lowest BCUT2D eigenvalue weighted by Gasteiger charge is -2.34. The molecule has 1 aliphatic rings. The molecule has 1 aliphatic carbocycles. The lowest BCUT2D eigenvalue weighted by Crippen LogP contribution is -2.36. The van der Waals surface area contributed by atoms with Crippen LogP contribution in [0.5, 0.6) is 0 Å². The Hall–Kier alpha value is -2.63. The minimum absolute atomic E-state index is 0.00526. The van der Waals surface area contributed by atoms with E-state index in [1.54, 1.807) is 36.4 Å². The van der Waals surface area contributed by atoms with Gasteiger partial charge in [0.15, 0.2) is 0 Å². The second-order valence-corrected chi connectivity index (χ2v) is 14.5. The van der Waals surface area contributed by atoms with Gasteiger partial charge in [-0.1, -0.05) is 73.7 Å². The number of nitrogens with zero attached hydrogens (tertiary/aromatic N) is 1. The third-order valence-electron chi connectivity index (χ3n) is 8.01. The Morgan fingerprint density at radius 2 is 1.65 bits per heavy atom. The number of benzene rings is 3. The third-order valence-corrected chi connectivity index (χ3v) is 10.5. The number of halogens is 3. The zero-order chi connectivity index (χ0) is 33.1. The molecule has 0 aromatic heterocycles. The van der Waals surface area contributed by atoms with E-state index in [9.17, 15) is 13.8 Å². The van der Waals surface area contributed by atoms with Crippen LogP contribution in [0.25, 0.3) is 0 Å². The molecule has 4 rings (SSSR count). The molecule has 0 saturated heterocycles. The molecule has 0 amide bonds. The van der Waals surface area contributed by atoms with Crippen LogP contribution in [0.4, 0.5) is 17.1 Å². The normalized spacial score (nSPS) is 14.2. The van der Waals surface area contributed by atoms with Crippen molar-refractivity contribution in [2.45, 2.75) is 58.0 Å². The minimum atomic E-state index is -1.35. The quantitative estimate of drug-likeness (QED) is 0.119. The number of rotatable bonds is 15. The average molecular weight is 754 g/mol. The van der Waals surface area contributed by atoms with E-state index in [1.807, 2.05) is 18.2 Å². The van der Waals surface area contributed by atoms with Crippen LogP contribution in [0.3, 0.4) is 0 Å². The molecule has 46 heavy (non-hydrogen) atoms. The van der Waals surface area contributed by atoms with Gasteiger partial charge in [-0.2, -0.15) is 0 Å². The summed E-state index contributed by atoms with van der Waals surface area (Å²) in [5.74, 6) is -0.707. The van der Waals surface area contributed by atoms with E-state index in [0.29, 0.717) is 55.3 Å². The van der Waals surface area contributed by atoms with E-state index in [0.717, 1.165) is 12.1 Å². The van der Waals surface area contributed by atoms with Crippen molar-refractivity contribution in [3.8, 4) is 0 Å². The molecular formula is C34H40BrCl2N3O5S. The van der Waals surface area contributed by atoms with Crippen LogP contribution < -0.4 is 11.1 Å². The Morgan fingerprint density at radius 3 is 2.35 bits per heavy atom. The number of carbonyl (C=O) groups is 2. The van der Waals surface area contributed by atoms with E-state index in [-0.39, 0.29) is 31.1 Å². The molecule has 0 aliphatic heterocycles. The fraction of sp³-hybridized carbons (Fsp3) is 0.412. The maximum Gasteiger partial charge on any atom is 0.338 e. The highest BCUT2D eigenvalue weighted by molar-refractivity contribution is 9.10. The van der Waals surface area contributed by atoms with E-state index >= 15 is 0 Å². The summed E-state index contributed by atoms with van der Waals surface area (Å²) in [5.41, 5.74) is 10.2. The Labute approximate surface area is 291 Å². The first kappa shape index (κ1) is 36.2. The molecule has 1 saturated carbocycles. The minimum Gasteiger partial charge on any atom is -0.464 e. The largest absolute Gasteiger partial charge is 0.464 e. The van der Waals surface area contributed by atoms with E-state index in [4.69, 9.17) is 38.4 Å². The summed E-state index contributed by atoms with van der Waals surface area (Å²) in [4.78, 5) is 27.9. The summed E-state index contributed by atoms with van der Waals surface area (Å²) in [6.07, 6.45) is 6.13. The van der Waals surface area contributed by atoms with Gasteiger partial charge in [0.25, 0.3) is 0 Å². The van der Waals surface area contributed by atoms with Crippen molar-refractivity contribution in [1.29, 1.82) is 0 Å². The Balaban J connectivity index is 1.22. The summed E-state index contributed by atoms with van der Waals surface area (Å²) in [6.45, 7) is 3.67. The van der Waals surface area contributed by atoms with Crippen molar-refractivity contribution in [1.82, 2.24) is 4.90 Å². The van der Waals surface area contributed by atoms with Crippen molar-refractivity contribution < 1.29 is 23.3 Å². The van der Waals surface area contributed by atoms with Crippen molar-refractivity contribution in [2.24, 2.45) is 0 Å². The van der Waals surface area contributed by atoms with Gasteiger partial charge in [-0.25, -0.2) is 4.79 Å². The van der Waals surface area contributed by atoms with Crippen molar-refractivity contribution >= 4 is 78.9 Å². The molecule has 0 radical (unpaired) electrons. The summed E-state index contributed by atoms with van der Waals surface area (Å²) < 4.78 is 24.0. The summed E-state index contributed by atoms with van der Waals surface area (Å²) in [6, 6.07) is 16.4. The zero-order valence-electron chi connectivity index (χ0n) is 25.9. The Bertz CT molecular complexity index is 1520. The van der Waals surface area contributed by atoms with Crippen LogP contribution >= 0.6 is 39.1 Å². The molecule has 8 nitrogen and oxygen atoms in total. The molecule has 0 bridgehead atoms. The second-order valence-electron chi connectivity index (χ2n) is 11.1. The van der Waals surface area contributed by atoms with Crippen LogP contribution in [0, 0.1) is 0 Å². The topological polar surface area (TPSA) is 111 Å². The SMILES string of the molecule is CCN(Cc1cc(C(=O)OCCS(=O)CCOC(=O)Cc2ccccc2Nc2c(Cl)cccc2Cl)cc(Br)c1N)C1CCCCC1. The number of nitrogen functional groups attached to an aromatic ring is 1.